The van der Waals surface area contributed by atoms with Crippen LogP contribution in [0.3, 0.4) is 0 Å². The second-order valence-corrected chi connectivity index (χ2v) is 6.95. The van der Waals surface area contributed by atoms with Gasteiger partial charge in [0.15, 0.2) is 11.5 Å². The Morgan fingerprint density at radius 2 is 1.83 bits per heavy atom. The summed E-state index contributed by atoms with van der Waals surface area (Å²) in [4.78, 5) is 33.3. The summed E-state index contributed by atoms with van der Waals surface area (Å²) >= 11 is 0. The SMILES string of the molecule is COc1cc(N2C[C@@H](C(=O)N3CCn4ncnc4C3)CC2=O)cc(OC)c1OC. The maximum absolute atomic E-state index is 13.0. The summed E-state index contributed by atoms with van der Waals surface area (Å²) in [6.45, 7) is 1.88. The van der Waals surface area contributed by atoms with Crippen LogP contribution in [0.2, 0.25) is 0 Å². The number of fused-ring (bicyclic) bond motifs is 1. The van der Waals surface area contributed by atoms with Gasteiger partial charge >= 0.3 is 0 Å². The first-order valence-corrected chi connectivity index (χ1v) is 9.31. The summed E-state index contributed by atoms with van der Waals surface area (Å²) in [7, 11) is 4.57. The topological polar surface area (TPSA) is 99.0 Å². The Kier molecular flexibility index (Phi) is 4.99. The fraction of sp³-hybridized carbons (Fsp3) is 0.474. The maximum Gasteiger partial charge on any atom is 0.228 e. The van der Waals surface area contributed by atoms with Gasteiger partial charge in [0.25, 0.3) is 0 Å². The number of rotatable bonds is 5. The van der Waals surface area contributed by atoms with Crippen LogP contribution in [0, 0.1) is 5.92 Å². The molecule has 1 aromatic heterocycles. The first-order valence-electron chi connectivity index (χ1n) is 9.31. The molecule has 0 N–H and O–H groups in total. The summed E-state index contributed by atoms with van der Waals surface area (Å²) in [5, 5.41) is 4.13. The van der Waals surface area contributed by atoms with E-state index in [2.05, 4.69) is 10.1 Å². The van der Waals surface area contributed by atoms with E-state index in [1.54, 1.807) is 26.6 Å². The number of methoxy groups -OCH3 is 3. The number of hydrogen-bond donors (Lipinski definition) is 0. The lowest BCUT2D eigenvalue weighted by Gasteiger charge is -2.29. The molecular weight excluding hydrogens is 378 g/mol. The molecule has 0 unspecified atom stereocenters. The minimum absolute atomic E-state index is 0.0393. The van der Waals surface area contributed by atoms with Gasteiger partial charge in [-0.25, -0.2) is 9.67 Å². The van der Waals surface area contributed by atoms with Crippen molar-refractivity contribution in [2.24, 2.45) is 5.92 Å². The quantitative estimate of drug-likeness (QED) is 0.727. The van der Waals surface area contributed by atoms with Gasteiger partial charge in [-0.3, -0.25) is 9.59 Å². The number of anilines is 1. The Morgan fingerprint density at radius 3 is 2.48 bits per heavy atom. The van der Waals surface area contributed by atoms with E-state index in [9.17, 15) is 9.59 Å². The first-order chi connectivity index (χ1) is 14.0. The van der Waals surface area contributed by atoms with Crippen LogP contribution in [0.5, 0.6) is 17.2 Å². The van der Waals surface area contributed by atoms with Gasteiger partial charge in [0, 0.05) is 31.6 Å². The molecule has 4 rings (SSSR count). The van der Waals surface area contributed by atoms with Gasteiger partial charge in [0.2, 0.25) is 17.6 Å². The monoisotopic (exact) mass is 401 g/mol. The molecule has 2 aliphatic rings. The summed E-state index contributed by atoms with van der Waals surface area (Å²) in [5.74, 6) is 1.57. The van der Waals surface area contributed by atoms with Crippen LogP contribution in [-0.2, 0) is 22.7 Å². The fourth-order valence-corrected chi connectivity index (χ4v) is 3.85. The number of amides is 2. The van der Waals surface area contributed by atoms with E-state index in [1.807, 2.05) is 0 Å². The first kappa shape index (κ1) is 19.0. The van der Waals surface area contributed by atoms with Crippen molar-refractivity contribution in [3.8, 4) is 17.2 Å². The summed E-state index contributed by atoms with van der Waals surface area (Å²) in [6, 6.07) is 3.44. The normalized spacial score (nSPS) is 18.6. The lowest BCUT2D eigenvalue weighted by atomic mass is 10.1. The molecular formula is C19H23N5O5. The van der Waals surface area contributed by atoms with E-state index in [0.717, 1.165) is 5.82 Å². The molecule has 0 saturated carbocycles. The van der Waals surface area contributed by atoms with Gasteiger partial charge in [0.1, 0.15) is 12.2 Å². The Labute approximate surface area is 168 Å². The van der Waals surface area contributed by atoms with Crippen molar-refractivity contribution in [3.05, 3.63) is 24.3 Å². The fourth-order valence-electron chi connectivity index (χ4n) is 3.85. The average molecular weight is 401 g/mol. The molecule has 0 aliphatic carbocycles. The molecule has 10 heteroatoms. The molecule has 10 nitrogen and oxygen atoms in total. The molecule has 3 heterocycles. The molecule has 2 aromatic rings. The molecule has 2 amide bonds. The Balaban J connectivity index is 1.53. The van der Waals surface area contributed by atoms with Gasteiger partial charge in [-0.2, -0.15) is 5.10 Å². The second-order valence-electron chi connectivity index (χ2n) is 6.95. The lowest BCUT2D eigenvalue weighted by molar-refractivity contribution is -0.137. The predicted molar refractivity (Wildman–Crippen MR) is 102 cm³/mol. The van der Waals surface area contributed by atoms with Crippen LogP contribution in [0.15, 0.2) is 18.5 Å². The number of hydrogen-bond acceptors (Lipinski definition) is 7. The van der Waals surface area contributed by atoms with Crippen LogP contribution in [0.1, 0.15) is 12.2 Å². The lowest BCUT2D eigenvalue weighted by Crippen LogP contribution is -2.42. The number of aromatic nitrogens is 3. The van der Waals surface area contributed by atoms with Crippen molar-refractivity contribution in [2.45, 2.75) is 19.5 Å². The Bertz CT molecular complexity index is 918. The predicted octanol–water partition coefficient (Wildman–Crippen LogP) is 0.699. The van der Waals surface area contributed by atoms with Gasteiger partial charge in [-0.05, 0) is 0 Å². The zero-order chi connectivity index (χ0) is 20.5. The summed E-state index contributed by atoms with van der Waals surface area (Å²) < 4.78 is 17.9. The zero-order valence-electron chi connectivity index (χ0n) is 16.6. The highest BCUT2D eigenvalue weighted by Gasteiger charge is 2.38. The minimum atomic E-state index is -0.406. The minimum Gasteiger partial charge on any atom is -0.493 e. The molecule has 0 spiro atoms. The molecule has 0 radical (unpaired) electrons. The number of carbonyl (C=O) groups excluding carboxylic acids is 2. The number of carbonyl (C=O) groups is 2. The number of benzene rings is 1. The van der Waals surface area contributed by atoms with Gasteiger partial charge in [-0.1, -0.05) is 0 Å². The molecule has 1 fully saturated rings. The van der Waals surface area contributed by atoms with E-state index in [-0.39, 0.29) is 18.2 Å². The van der Waals surface area contributed by atoms with Gasteiger partial charge in [0.05, 0.1) is 46.0 Å². The smallest absolute Gasteiger partial charge is 0.228 e. The third-order valence-corrected chi connectivity index (χ3v) is 5.36. The highest BCUT2D eigenvalue weighted by molar-refractivity contribution is 6.00. The second kappa shape index (κ2) is 7.61. The number of ether oxygens (including phenoxy) is 3. The van der Waals surface area contributed by atoms with E-state index < -0.39 is 5.92 Å². The molecule has 2 aliphatic heterocycles. The van der Waals surface area contributed by atoms with E-state index >= 15 is 0 Å². The molecule has 154 valence electrons. The molecule has 1 aromatic carbocycles. The highest BCUT2D eigenvalue weighted by atomic mass is 16.5. The van der Waals surface area contributed by atoms with Crippen LogP contribution >= 0.6 is 0 Å². The van der Waals surface area contributed by atoms with E-state index in [1.165, 1.54) is 27.7 Å². The third kappa shape index (κ3) is 3.34. The average Bonchev–Trinajstić information content (AvgIpc) is 3.37. The van der Waals surface area contributed by atoms with E-state index in [0.29, 0.717) is 49.1 Å². The largest absolute Gasteiger partial charge is 0.493 e. The van der Waals surface area contributed by atoms with Crippen LogP contribution in [-0.4, -0.2) is 65.9 Å². The maximum atomic E-state index is 13.0. The molecule has 29 heavy (non-hydrogen) atoms. The standard InChI is InChI=1S/C19H23N5O5/c1-27-14-7-13(8-15(28-2)18(14)29-3)23-9-12(6-17(23)25)19(26)22-4-5-24-16(10-22)20-11-21-24/h7-8,11-12H,4-6,9-10H2,1-3H3/t12-/m0/s1. The summed E-state index contributed by atoms with van der Waals surface area (Å²) in [5.41, 5.74) is 0.609. The van der Waals surface area contributed by atoms with Gasteiger partial charge < -0.3 is 24.0 Å². The van der Waals surface area contributed by atoms with Crippen molar-refractivity contribution in [2.75, 3.05) is 39.3 Å². The number of nitrogens with zero attached hydrogens (tertiary/aromatic N) is 5. The van der Waals surface area contributed by atoms with Crippen LogP contribution in [0.4, 0.5) is 5.69 Å². The van der Waals surface area contributed by atoms with Gasteiger partial charge in [-0.15, -0.1) is 0 Å². The van der Waals surface area contributed by atoms with Crippen LogP contribution in [0.25, 0.3) is 0 Å². The van der Waals surface area contributed by atoms with Crippen LogP contribution < -0.4 is 19.1 Å². The van der Waals surface area contributed by atoms with Crippen molar-refractivity contribution in [1.82, 2.24) is 19.7 Å². The summed E-state index contributed by atoms with van der Waals surface area (Å²) in [6.07, 6.45) is 1.66. The highest BCUT2D eigenvalue weighted by Crippen LogP contribution is 2.42. The van der Waals surface area contributed by atoms with Crippen molar-refractivity contribution in [1.29, 1.82) is 0 Å². The Hall–Kier alpha value is -3.30. The zero-order valence-corrected chi connectivity index (χ0v) is 16.6. The molecule has 1 saturated heterocycles. The van der Waals surface area contributed by atoms with Crippen molar-refractivity contribution >= 4 is 17.5 Å². The molecule has 1 atom stereocenters. The third-order valence-electron chi connectivity index (χ3n) is 5.36. The Morgan fingerprint density at radius 1 is 1.10 bits per heavy atom. The van der Waals surface area contributed by atoms with Crippen molar-refractivity contribution in [3.63, 3.8) is 0 Å². The van der Waals surface area contributed by atoms with Crippen molar-refractivity contribution < 1.29 is 23.8 Å². The van der Waals surface area contributed by atoms with E-state index in [4.69, 9.17) is 14.2 Å². The molecule has 0 bridgehead atoms.